The molecule has 0 fully saturated rings. The summed E-state index contributed by atoms with van der Waals surface area (Å²) >= 11 is 6.13. The van der Waals surface area contributed by atoms with E-state index in [1.165, 1.54) is 7.11 Å². The molecule has 1 aromatic rings. The number of benzene rings is 1. The summed E-state index contributed by atoms with van der Waals surface area (Å²) in [4.78, 5) is 11.3. The third-order valence-corrected chi connectivity index (χ3v) is 2.64. The van der Waals surface area contributed by atoms with Crippen LogP contribution in [-0.2, 0) is 16.0 Å². The zero-order chi connectivity index (χ0) is 12.8. The van der Waals surface area contributed by atoms with Crippen LogP contribution in [0.15, 0.2) is 18.2 Å². The van der Waals surface area contributed by atoms with Crippen molar-refractivity contribution in [1.29, 1.82) is 0 Å². The van der Waals surface area contributed by atoms with Crippen LogP contribution in [0.25, 0.3) is 6.08 Å². The van der Waals surface area contributed by atoms with Crippen molar-refractivity contribution >= 4 is 23.6 Å². The number of carbonyl (C=O) groups is 1. The van der Waals surface area contributed by atoms with Crippen molar-refractivity contribution in [3.05, 3.63) is 34.4 Å². The fraction of sp³-hybridized carbons (Fsp3) is 0.308. The predicted molar refractivity (Wildman–Crippen MR) is 68.4 cm³/mol. The molecule has 0 radical (unpaired) electrons. The van der Waals surface area contributed by atoms with E-state index in [4.69, 9.17) is 16.3 Å². The van der Waals surface area contributed by atoms with E-state index >= 15 is 0 Å². The summed E-state index contributed by atoms with van der Waals surface area (Å²) in [5.41, 5.74) is 1.58. The zero-order valence-corrected chi connectivity index (χ0v) is 10.9. The first kappa shape index (κ1) is 13.6. The van der Waals surface area contributed by atoms with E-state index in [1.807, 2.05) is 25.1 Å². The molecule has 0 saturated carbocycles. The Hall–Kier alpha value is -1.48. The van der Waals surface area contributed by atoms with Gasteiger partial charge in [-0.15, -0.1) is 0 Å². The molecule has 0 N–H and O–H groups in total. The molecule has 4 heteroatoms. The third-order valence-electron chi connectivity index (χ3n) is 2.30. The monoisotopic (exact) mass is 254 g/mol. The standard InChI is InChI=1S/C13H15ClO3/c1-4-5-9-6-11(14)10(8-13(15)17-3)12(7-9)16-2/h4-7H,8H2,1-3H3. The highest BCUT2D eigenvalue weighted by atomic mass is 35.5. The van der Waals surface area contributed by atoms with Crippen molar-refractivity contribution in [2.75, 3.05) is 14.2 Å². The lowest BCUT2D eigenvalue weighted by Crippen LogP contribution is -2.06. The van der Waals surface area contributed by atoms with Gasteiger partial charge in [0, 0.05) is 10.6 Å². The number of methoxy groups -OCH3 is 2. The summed E-state index contributed by atoms with van der Waals surface area (Å²) in [5.74, 6) is 0.250. The van der Waals surface area contributed by atoms with Gasteiger partial charge < -0.3 is 9.47 Å². The smallest absolute Gasteiger partial charge is 0.310 e. The van der Waals surface area contributed by atoms with E-state index in [1.54, 1.807) is 13.2 Å². The lowest BCUT2D eigenvalue weighted by molar-refractivity contribution is -0.139. The molecular formula is C13H15ClO3. The van der Waals surface area contributed by atoms with Gasteiger partial charge in [-0.3, -0.25) is 4.79 Å². The van der Waals surface area contributed by atoms with E-state index in [0.29, 0.717) is 16.3 Å². The Bertz CT molecular complexity index is 439. The van der Waals surface area contributed by atoms with Gasteiger partial charge in [-0.2, -0.15) is 0 Å². The van der Waals surface area contributed by atoms with Crippen molar-refractivity contribution in [2.24, 2.45) is 0 Å². The molecule has 0 saturated heterocycles. The quantitative estimate of drug-likeness (QED) is 0.775. The number of ether oxygens (including phenoxy) is 2. The maximum atomic E-state index is 11.3. The van der Waals surface area contributed by atoms with E-state index in [9.17, 15) is 4.79 Å². The van der Waals surface area contributed by atoms with E-state index in [0.717, 1.165) is 5.56 Å². The van der Waals surface area contributed by atoms with Gasteiger partial charge in [0.1, 0.15) is 5.75 Å². The SMILES string of the molecule is CC=Cc1cc(Cl)c(CC(=O)OC)c(OC)c1. The van der Waals surface area contributed by atoms with Crippen molar-refractivity contribution in [3.63, 3.8) is 0 Å². The number of rotatable bonds is 4. The van der Waals surface area contributed by atoms with Crippen LogP contribution in [0.1, 0.15) is 18.1 Å². The number of halogens is 1. The van der Waals surface area contributed by atoms with Crippen molar-refractivity contribution in [3.8, 4) is 5.75 Å². The van der Waals surface area contributed by atoms with Crippen LogP contribution in [0.2, 0.25) is 5.02 Å². The highest BCUT2D eigenvalue weighted by molar-refractivity contribution is 6.32. The molecule has 0 aliphatic carbocycles. The zero-order valence-electron chi connectivity index (χ0n) is 10.1. The summed E-state index contributed by atoms with van der Waals surface area (Å²) in [6, 6.07) is 3.63. The molecule has 92 valence electrons. The summed E-state index contributed by atoms with van der Waals surface area (Å²) in [6.07, 6.45) is 3.93. The van der Waals surface area contributed by atoms with Crippen LogP contribution in [0.4, 0.5) is 0 Å². The van der Waals surface area contributed by atoms with Gasteiger partial charge in [0.2, 0.25) is 0 Å². The van der Waals surface area contributed by atoms with Gasteiger partial charge in [-0.1, -0.05) is 23.8 Å². The number of carbonyl (C=O) groups excluding carboxylic acids is 1. The van der Waals surface area contributed by atoms with Crippen LogP contribution in [0.3, 0.4) is 0 Å². The normalized spacial score (nSPS) is 10.6. The van der Waals surface area contributed by atoms with E-state index < -0.39 is 0 Å². The average Bonchev–Trinajstić information content (AvgIpc) is 2.32. The van der Waals surface area contributed by atoms with Crippen molar-refractivity contribution in [2.45, 2.75) is 13.3 Å². The molecule has 0 aromatic heterocycles. The van der Waals surface area contributed by atoms with Crippen LogP contribution >= 0.6 is 11.6 Å². The first-order valence-electron chi connectivity index (χ1n) is 5.18. The maximum absolute atomic E-state index is 11.3. The predicted octanol–water partition coefficient (Wildman–Crippen LogP) is 3.10. The minimum Gasteiger partial charge on any atom is -0.496 e. The fourth-order valence-electron chi connectivity index (χ4n) is 1.49. The van der Waals surface area contributed by atoms with Crippen molar-refractivity contribution in [1.82, 2.24) is 0 Å². The largest absolute Gasteiger partial charge is 0.496 e. The molecule has 0 heterocycles. The Morgan fingerprint density at radius 3 is 2.65 bits per heavy atom. The molecule has 0 aliphatic heterocycles. The Morgan fingerprint density at radius 1 is 1.41 bits per heavy atom. The molecule has 1 aromatic carbocycles. The van der Waals surface area contributed by atoms with E-state index in [2.05, 4.69) is 4.74 Å². The average molecular weight is 255 g/mol. The molecule has 0 atom stereocenters. The van der Waals surface area contributed by atoms with Crippen LogP contribution in [0, 0.1) is 0 Å². The Morgan fingerprint density at radius 2 is 2.12 bits per heavy atom. The highest BCUT2D eigenvalue weighted by Crippen LogP contribution is 2.29. The minimum absolute atomic E-state index is 0.106. The molecule has 0 amide bonds. The topological polar surface area (TPSA) is 35.5 Å². The van der Waals surface area contributed by atoms with Crippen LogP contribution in [0.5, 0.6) is 5.75 Å². The van der Waals surface area contributed by atoms with Gasteiger partial charge in [0.15, 0.2) is 0 Å². The molecule has 1 rings (SSSR count). The van der Waals surface area contributed by atoms with E-state index in [-0.39, 0.29) is 12.4 Å². The first-order chi connectivity index (χ1) is 8.12. The Labute approximate surface area is 106 Å². The first-order valence-corrected chi connectivity index (χ1v) is 5.56. The summed E-state index contributed by atoms with van der Waals surface area (Å²) in [7, 11) is 2.89. The summed E-state index contributed by atoms with van der Waals surface area (Å²) in [5, 5.41) is 0.503. The number of hydrogen-bond acceptors (Lipinski definition) is 3. The minimum atomic E-state index is -0.344. The summed E-state index contributed by atoms with van der Waals surface area (Å²) < 4.78 is 9.85. The van der Waals surface area contributed by atoms with Crippen molar-refractivity contribution < 1.29 is 14.3 Å². The van der Waals surface area contributed by atoms with Gasteiger partial charge in [-0.25, -0.2) is 0 Å². The molecule has 0 bridgehead atoms. The summed E-state index contributed by atoms with van der Waals surface area (Å²) in [6.45, 7) is 1.92. The molecule has 0 spiro atoms. The lowest BCUT2D eigenvalue weighted by Gasteiger charge is -2.11. The second-order valence-corrected chi connectivity index (χ2v) is 3.84. The number of hydrogen-bond donors (Lipinski definition) is 0. The Balaban J connectivity index is 3.16. The lowest BCUT2D eigenvalue weighted by atomic mass is 10.1. The van der Waals surface area contributed by atoms with Gasteiger partial charge in [-0.05, 0) is 24.6 Å². The third kappa shape index (κ3) is 3.49. The number of esters is 1. The fourth-order valence-corrected chi connectivity index (χ4v) is 1.78. The van der Waals surface area contributed by atoms with Crippen LogP contribution < -0.4 is 4.74 Å². The maximum Gasteiger partial charge on any atom is 0.310 e. The van der Waals surface area contributed by atoms with Crippen LogP contribution in [-0.4, -0.2) is 20.2 Å². The Kier molecular flexibility index (Phi) is 5.04. The molecule has 0 unspecified atom stereocenters. The second-order valence-electron chi connectivity index (χ2n) is 3.44. The number of allylic oxidation sites excluding steroid dienone is 1. The highest BCUT2D eigenvalue weighted by Gasteiger charge is 2.13. The van der Waals surface area contributed by atoms with Gasteiger partial charge >= 0.3 is 5.97 Å². The molecule has 17 heavy (non-hydrogen) atoms. The molecule has 3 nitrogen and oxygen atoms in total. The molecule has 0 aliphatic rings. The molecular weight excluding hydrogens is 240 g/mol. The van der Waals surface area contributed by atoms with Gasteiger partial charge in [0.25, 0.3) is 0 Å². The van der Waals surface area contributed by atoms with Gasteiger partial charge in [0.05, 0.1) is 20.6 Å². The second kappa shape index (κ2) is 6.30.